The van der Waals surface area contributed by atoms with Crippen molar-refractivity contribution in [2.45, 2.75) is 6.92 Å². The molecule has 0 aliphatic carbocycles. The van der Waals surface area contributed by atoms with E-state index in [1.165, 1.54) is 22.7 Å². The van der Waals surface area contributed by atoms with Crippen LogP contribution in [0, 0.1) is 6.92 Å². The predicted molar refractivity (Wildman–Crippen MR) is 129 cm³/mol. The predicted octanol–water partition coefficient (Wildman–Crippen LogP) is 4.81. The number of thiophene rings is 1. The number of para-hydroxylation sites is 1. The van der Waals surface area contributed by atoms with Crippen LogP contribution in [-0.4, -0.2) is 40.4 Å². The number of fused-ring (bicyclic) bond motifs is 2. The Labute approximate surface area is 196 Å². The molecule has 0 aliphatic heterocycles. The number of aryl methyl sites for hydroxylation is 1. The summed E-state index contributed by atoms with van der Waals surface area (Å²) in [4.78, 5) is 30.5. The van der Waals surface area contributed by atoms with Crippen LogP contribution in [0.3, 0.4) is 0 Å². The minimum Gasteiger partial charge on any atom is -0.497 e. The number of thiazole rings is 1. The minimum atomic E-state index is -0.556. The van der Waals surface area contributed by atoms with Crippen molar-refractivity contribution in [1.29, 1.82) is 0 Å². The maximum absolute atomic E-state index is 12.6. The summed E-state index contributed by atoms with van der Waals surface area (Å²) in [5, 5.41) is 8.55. The van der Waals surface area contributed by atoms with Crippen molar-refractivity contribution in [2.24, 2.45) is 0 Å². The lowest BCUT2D eigenvalue weighted by Crippen LogP contribution is -2.20. The standard InChI is InChI=1S/C23H18N4O4S2/c1-13-16-11-19(32-21(16)27(26-13)14-6-4-3-5-7-14)22(29)31-12-20(28)25-23-24-17-9-8-15(30-2)10-18(17)33-23/h3-11H,12H2,1-2H3,(H,24,25,28). The van der Waals surface area contributed by atoms with E-state index < -0.39 is 18.5 Å². The lowest BCUT2D eigenvalue weighted by molar-refractivity contribution is -0.119. The first-order valence-corrected chi connectivity index (χ1v) is 11.6. The maximum Gasteiger partial charge on any atom is 0.348 e. The summed E-state index contributed by atoms with van der Waals surface area (Å²) in [6, 6.07) is 16.9. The summed E-state index contributed by atoms with van der Waals surface area (Å²) in [6.45, 7) is 1.49. The average Bonchev–Trinajstić information content (AvgIpc) is 3.52. The first-order chi connectivity index (χ1) is 16.0. The normalized spacial score (nSPS) is 11.1. The van der Waals surface area contributed by atoms with Crippen LogP contribution in [0.1, 0.15) is 15.4 Å². The van der Waals surface area contributed by atoms with E-state index in [9.17, 15) is 9.59 Å². The Balaban J connectivity index is 1.26. The molecular formula is C23H18N4O4S2. The zero-order valence-corrected chi connectivity index (χ0v) is 19.3. The number of nitrogens with zero attached hydrogens (tertiary/aromatic N) is 3. The van der Waals surface area contributed by atoms with Crippen molar-refractivity contribution < 1.29 is 19.1 Å². The fraction of sp³-hybridized carbons (Fsp3) is 0.130. The molecule has 0 fully saturated rings. The number of carbonyl (C=O) groups excluding carboxylic acids is 2. The molecule has 3 aromatic heterocycles. The molecule has 10 heteroatoms. The Bertz CT molecular complexity index is 1490. The molecule has 0 saturated carbocycles. The van der Waals surface area contributed by atoms with Gasteiger partial charge in [0.05, 0.1) is 28.7 Å². The van der Waals surface area contributed by atoms with Crippen molar-refractivity contribution in [3.8, 4) is 11.4 Å². The molecule has 5 rings (SSSR count). The van der Waals surface area contributed by atoms with Crippen LogP contribution in [0.25, 0.3) is 26.1 Å². The summed E-state index contributed by atoms with van der Waals surface area (Å²) in [7, 11) is 1.59. The molecule has 166 valence electrons. The molecule has 0 unspecified atom stereocenters. The molecule has 5 aromatic rings. The van der Waals surface area contributed by atoms with Crippen LogP contribution in [0.15, 0.2) is 54.6 Å². The van der Waals surface area contributed by atoms with Gasteiger partial charge in [0.15, 0.2) is 11.7 Å². The lowest BCUT2D eigenvalue weighted by atomic mass is 10.3. The van der Waals surface area contributed by atoms with Gasteiger partial charge < -0.3 is 9.47 Å². The Morgan fingerprint density at radius 1 is 1.09 bits per heavy atom. The highest BCUT2D eigenvalue weighted by Crippen LogP contribution is 2.31. The highest BCUT2D eigenvalue weighted by molar-refractivity contribution is 7.22. The minimum absolute atomic E-state index is 0.407. The zero-order valence-electron chi connectivity index (χ0n) is 17.7. The highest BCUT2D eigenvalue weighted by atomic mass is 32.1. The van der Waals surface area contributed by atoms with Gasteiger partial charge in [-0.1, -0.05) is 29.5 Å². The van der Waals surface area contributed by atoms with E-state index in [-0.39, 0.29) is 0 Å². The molecule has 0 spiro atoms. The molecule has 0 bridgehead atoms. The van der Waals surface area contributed by atoms with E-state index >= 15 is 0 Å². The van der Waals surface area contributed by atoms with Crippen molar-refractivity contribution >= 4 is 60.1 Å². The second-order valence-electron chi connectivity index (χ2n) is 7.14. The van der Waals surface area contributed by atoms with Crippen LogP contribution in [0.4, 0.5) is 5.13 Å². The van der Waals surface area contributed by atoms with Crippen molar-refractivity contribution in [3.63, 3.8) is 0 Å². The molecule has 0 atom stereocenters. The Morgan fingerprint density at radius 2 is 1.91 bits per heavy atom. The number of aromatic nitrogens is 3. The zero-order chi connectivity index (χ0) is 22.9. The molecule has 0 saturated heterocycles. The molecule has 1 amide bonds. The SMILES string of the molecule is COc1ccc2nc(NC(=O)COC(=O)c3cc4c(C)nn(-c5ccccc5)c4s3)sc2c1. The fourth-order valence-corrected chi connectivity index (χ4v) is 5.32. The molecule has 0 radical (unpaired) electrons. The van der Waals surface area contributed by atoms with E-state index in [4.69, 9.17) is 9.47 Å². The van der Waals surface area contributed by atoms with Crippen LogP contribution < -0.4 is 10.1 Å². The number of anilines is 1. The second kappa shape index (κ2) is 8.64. The van der Waals surface area contributed by atoms with Gasteiger partial charge in [-0.2, -0.15) is 5.10 Å². The number of ether oxygens (including phenoxy) is 2. The summed E-state index contributed by atoms with van der Waals surface area (Å²) >= 11 is 2.60. The van der Waals surface area contributed by atoms with E-state index in [2.05, 4.69) is 15.4 Å². The van der Waals surface area contributed by atoms with Gasteiger partial charge in [-0.25, -0.2) is 14.5 Å². The van der Waals surface area contributed by atoms with Gasteiger partial charge >= 0.3 is 5.97 Å². The van der Waals surface area contributed by atoms with Crippen LogP contribution in [0.2, 0.25) is 0 Å². The van der Waals surface area contributed by atoms with Gasteiger partial charge in [0.25, 0.3) is 5.91 Å². The smallest absolute Gasteiger partial charge is 0.348 e. The number of benzene rings is 2. The number of hydrogen-bond acceptors (Lipinski definition) is 8. The third-order valence-corrected chi connectivity index (χ3v) is 6.95. The molecular weight excluding hydrogens is 460 g/mol. The topological polar surface area (TPSA) is 95.3 Å². The van der Waals surface area contributed by atoms with Gasteiger partial charge in [-0.05, 0) is 43.3 Å². The van der Waals surface area contributed by atoms with Gasteiger partial charge in [0.1, 0.15) is 15.5 Å². The average molecular weight is 479 g/mol. The van der Waals surface area contributed by atoms with Gasteiger partial charge in [-0.3, -0.25) is 10.1 Å². The number of nitrogens with one attached hydrogen (secondary N) is 1. The quantitative estimate of drug-likeness (QED) is 0.352. The van der Waals surface area contributed by atoms with Gasteiger partial charge in [0, 0.05) is 5.39 Å². The third-order valence-electron chi connectivity index (χ3n) is 4.92. The fourth-order valence-electron chi connectivity index (χ4n) is 3.33. The lowest BCUT2D eigenvalue weighted by Gasteiger charge is -2.03. The second-order valence-corrected chi connectivity index (χ2v) is 9.20. The monoisotopic (exact) mass is 478 g/mol. The molecule has 1 N–H and O–H groups in total. The van der Waals surface area contributed by atoms with Crippen LogP contribution in [0.5, 0.6) is 5.75 Å². The van der Waals surface area contributed by atoms with Crippen LogP contribution in [-0.2, 0) is 9.53 Å². The summed E-state index contributed by atoms with van der Waals surface area (Å²) in [6.07, 6.45) is 0. The Kier molecular flexibility index (Phi) is 5.53. The van der Waals surface area contributed by atoms with E-state index in [1.807, 2.05) is 49.4 Å². The van der Waals surface area contributed by atoms with E-state index in [1.54, 1.807) is 23.9 Å². The largest absolute Gasteiger partial charge is 0.497 e. The summed E-state index contributed by atoms with van der Waals surface area (Å²) in [5.74, 6) is -0.298. The third kappa shape index (κ3) is 4.18. The van der Waals surface area contributed by atoms with Crippen LogP contribution >= 0.6 is 22.7 Å². The van der Waals surface area contributed by atoms with Gasteiger partial charge in [0.2, 0.25) is 0 Å². The number of esters is 1. The molecule has 0 aliphatic rings. The van der Waals surface area contributed by atoms with Crippen molar-refractivity contribution in [2.75, 3.05) is 19.0 Å². The Morgan fingerprint density at radius 3 is 2.70 bits per heavy atom. The maximum atomic E-state index is 12.6. The summed E-state index contributed by atoms with van der Waals surface area (Å²) in [5.41, 5.74) is 2.47. The Hall–Kier alpha value is -3.76. The number of amides is 1. The molecule has 8 nitrogen and oxygen atoms in total. The molecule has 33 heavy (non-hydrogen) atoms. The van der Waals surface area contributed by atoms with Gasteiger partial charge in [-0.15, -0.1) is 11.3 Å². The first kappa shape index (κ1) is 21.1. The number of rotatable bonds is 6. The number of carbonyl (C=O) groups is 2. The van der Waals surface area contributed by atoms with Crippen molar-refractivity contribution in [1.82, 2.24) is 14.8 Å². The van der Waals surface area contributed by atoms with E-state index in [0.717, 1.165) is 31.8 Å². The summed E-state index contributed by atoms with van der Waals surface area (Å²) < 4.78 is 13.1. The van der Waals surface area contributed by atoms with Crippen molar-refractivity contribution in [3.05, 3.63) is 65.2 Å². The highest BCUT2D eigenvalue weighted by Gasteiger charge is 2.19. The number of methoxy groups -OCH3 is 1. The molecule has 2 aromatic carbocycles. The molecule has 3 heterocycles. The van der Waals surface area contributed by atoms with E-state index in [0.29, 0.717) is 15.8 Å². The first-order valence-electron chi connectivity index (χ1n) is 9.98. The number of hydrogen-bond donors (Lipinski definition) is 1.